The molecule has 4 aromatic heterocycles. The highest BCUT2D eigenvalue weighted by atomic mass is 32.2. The third kappa shape index (κ3) is 5.22. The molecule has 0 aliphatic heterocycles. The lowest BCUT2D eigenvalue weighted by Gasteiger charge is -2.03. The molecule has 1 N–H and O–H groups in total. The molecule has 10 nitrogen and oxygen atoms in total. The molecule has 158 valence electrons. The third-order valence-corrected chi connectivity index (χ3v) is 5.64. The van der Waals surface area contributed by atoms with E-state index in [0.29, 0.717) is 39.6 Å². The van der Waals surface area contributed by atoms with Crippen LogP contribution >= 0.6 is 23.1 Å². The van der Waals surface area contributed by atoms with Gasteiger partial charge < -0.3 is 10.1 Å². The van der Waals surface area contributed by atoms with Gasteiger partial charge in [0.05, 0.1) is 24.5 Å². The van der Waals surface area contributed by atoms with Crippen molar-refractivity contribution >= 4 is 45.8 Å². The zero-order valence-electron chi connectivity index (χ0n) is 16.4. The Morgan fingerprint density at radius 2 is 2.13 bits per heavy atom. The molecule has 0 spiro atoms. The first-order valence-corrected chi connectivity index (χ1v) is 11.2. The monoisotopic (exact) mass is 455 g/mol. The summed E-state index contributed by atoms with van der Waals surface area (Å²) in [5.41, 5.74) is 1.81. The van der Waals surface area contributed by atoms with Crippen LogP contribution in [0.3, 0.4) is 0 Å². The van der Waals surface area contributed by atoms with Gasteiger partial charge in [-0.3, -0.25) is 14.6 Å². The summed E-state index contributed by atoms with van der Waals surface area (Å²) in [6.45, 7) is 2.07. The molecule has 31 heavy (non-hydrogen) atoms. The van der Waals surface area contributed by atoms with Crippen molar-refractivity contribution in [1.82, 2.24) is 29.8 Å². The molecule has 0 aromatic carbocycles. The molecule has 0 saturated carbocycles. The topological polar surface area (TPSA) is 124 Å². The summed E-state index contributed by atoms with van der Waals surface area (Å²) < 4.78 is 6.50. The van der Waals surface area contributed by atoms with Crippen LogP contribution < -0.4 is 5.32 Å². The van der Waals surface area contributed by atoms with Gasteiger partial charge in [0.15, 0.2) is 10.8 Å². The van der Waals surface area contributed by atoms with E-state index in [2.05, 4.69) is 30.6 Å². The lowest BCUT2D eigenvalue weighted by atomic mass is 10.3. The standard InChI is InChI=1S/C19H17N7O3S2/c1-2-29-17(28)9-12-10-31-19(21-12)22-15(27)11-30-16-7-6-14-23-24-18(26(14)25-16)13-5-3-4-8-20-13/h3-8,10H,2,9,11H2,1H3,(H,21,22,27). The molecule has 0 saturated heterocycles. The van der Waals surface area contributed by atoms with E-state index in [1.807, 2.05) is 18.2 Å². The number of thiazole rings is 1. The number of nitrogens with one attached hydrogen (secondary N) is 1. The number of carbonyl (C=O) groups excluding carboxylic acids is 2. The van der Waals surface area contributed by atoms with Crippen molar-refractivity contribution in [3.63, 3.8) is 0 Å². The number of aromatic nitrogens is 6. The van der Waals surface area contributed by atoms with Crippen molar-refractivity contribution in [1.29, 1.82) is 0 Å². The Morgan fingerprint density at radius 3 is 2.94 bits per heavy atom. The molecule has 4 aromatic rings. The molecule has 4 heterocycles. The fraction of sp³-hybridized carbons (Fsp3) is 0.211. The SMILES string of the molecule is CCOC(=O)Cc1csc(NC(=O)CSc2ccc3nnc(-c4ccccn4)n3n2)n1. The van der Waals surface area contributed by atoms with Crippen LogP contribution in [0.5, 0.6) is 0 Å². The summed E-state index contributed by atoms with van der Waals surface area (Å²) in [5.74, 6) is 0.102. The van der Waals surface area contributed by atoms with Crippen LogP contribution in [-0.4, -0.2) is 54.0 Å². The summed E-state index contributed by atoms with van der Waals surface area (Å²) >= 11 is 2.54. The van der Waals surface area contributed by atoms with Gasteiger partial charge in [0.25, 0.3) is 0 Å². The number of rotatable bonds is 8. The number of carbonyl (C=O) groups is 2. The highest BCUT2D eigenvalue weighted by Crippen LogP contribution is 2.21. The second kappa shape index (κ2) is 9.62. The van der Waals surface area contributed by atoms with Crippen molar-refractivity contribution in [2.75, 3.05) is 17.7 Å². The van der Waals surface area contributed by atoms with Gasteiger partial charge in [-0.05, 0) is 31.2 Å². The second-order valence-corrected chi connectivity index (χ2v) is 8.00. The molecule has 0 fully saturated rings. The predicted molar refractivity (Wildman–Crippen MR) is 116 cm³/mol. The summed E-state index contributed by atoms with van der Waals surface area (Å²) in [6.07, 6.45) is 1.76. The average molecular weight is 456 g/mol. The number of thioether (sulfide) groups is 1. The molecule has 0 radical (unpaired) electrons. The number of ether oxygens (including phenoxy) is 1. The van der Waals surface area contributed by atoms with Gasteiger partial charge in [0.2, 0.25) is 11.7 Å². The molecule has 0 bridgehead atoms. The first-order chi connectivity index (χ1) is 15.1. The molecule has 0 unspecified atom stereocenters. The van der Waals surface area contributed by atoms with Crippen LogP contribution in [0, 0.1) is 0 Å². The maximum atomic E-state index is 12.3. The third-order valence-electron chi connectivity index (χ3n) is 3.91. The van der Waals surface area contributed by atoms with Crippen LogP contribution in [0.2, 0.25) is 0 Å². The Morgan fingerprint density at radius 1 is 1.23 bits per heavy atom. The first-order valence-electron chi connectivity index (χ1n) is 9.29. The molecular weight excluding hydrogens is 438 g/mol. The highest BCUT2D eigenvalue weighted by Gasteiger charge is 2.13. The maximum absolute atomic E-state index is 12.3. The second-order valence-electron chi connectivity index (χ2n) is 6.14. The van der Waals surface area contributed by atoms with Gasteiger partial charge in [0, 0.05) is 11.6 Å². The van der Waals surface area contributed by atoms with Crippen LogP contribution in [-0.2, 0) is 20.7 Å². The lowest BCUT2D eigenvalue weighted by Crippen LogP contribution is -2.14. The fourth-order valence-corrected chi connectivity index (χ4v) is 3.99. The molecule has 0 aliphatic carbocycles. The van der Waals surface area contributed by atoms with Gasteiger partial charge in [-0.1, -0.05) is 17.8 Å². The molecular formula is C19H17N7O3S2. The van der Waals surface area contributed by atoms with Gasteiger partial charge in [0.1, 0.15) is 10.7 Å². The summed E-state index contributed by atoms with van der Waals surface area (Å²) in [6, 6.07) is 9.08. The Kier molecular flexibility index (Phi) is 6.48. The minimum absolute atomic E-state index is 0.0798. The summed E-state index contributed by atoms with van der Waals surface area (Å²) in [5, 5.41) is 18.3. The molecule has 0 aliphatic rings. The van der Waals surface area contributed by atoms with Gasteiger partial charge in [-0.15, -0.1) is 21.5 Å². The van der Waals surface area contributed by atoms with E-state index in [1.165, 1.54) is 23.1 Å². The van der Waals surface area contributed by atoms with Crippen LogP contribution in [0.4, 0.5) is 5.13 Å². The number of hydrogen-bond acceptors (Lipinski definition) is 10. The molecule has 0 atom stereocenters. The fourth-order valence-electron chi connectivity index (χ4n) is 2.60. The van der Waals surface area contributed by atoms with E-state index in [0.717, 1.165) is 0 Å². The van der Waals surface area contributed by atoms with E-state index in [-0.39, 0.29) is 24.1 Å². The first kappa shape index (κ1) is 20.9. The van der Waals surface area contributed by atoms with Crippen LogP contribution in [0.1, 0.15) is 12.6 Å². The van der Waals surface area contributed by atoms with Gasteiger partial charge in [-0.25, -0.2) is 4.98 Å². The van der Waals surface area contributed by atoms with Crippen molar-refractivity contribution in [2.24, 2.45) is 0 Å². The minimum atomic E-state index is -0.346. The zero-order valence-corrected chi connectivity index (χ0v) is 18.0. The Balaban J connectivity index is 1.37. The lowest BCUT2D eigenvalue weighted by molar-refractivity contribution is -0.142. The summed E-state index contributed by atoms with van der Waals surface area (Å²) in [7, 11) is 0. The minimum Gasteiger partial charge on any atom is -0.466 e. The van der Waals surface area contributed by atoms with Gasteiger partial charge >= 0.3 is 5.97 Å². The van der Waals surface area contributed by atoms with Gasteiger partial charge in [-0.2, -0.15) is 9.61 Å². The molecule has 1 amide bonds. The number of fused-ring (bicyclic) bond motifs is 1. The zero-order chi connectivity index (χ0) is 21.6. The van der Waals surface area contributed by atoms with Crippen molar-refractivity contribution < 1.29 is 14.3 Å². The number of nitrogens with zero attached hydrogens (tertiary/aromatic N) is 6. The largest absolute Gasteiger partial charge is 0.466 e. The number of amides is 1. The van der Waals surface area contributed by atoms with Crippen molar-refractivity contribution in [3.05, 3.63) is 47.6 Å². The molecule has 12 heteroatoms. The Bertz CT molecular complexity index is 1210. The predicted octanol–water partition coefficient (Wildman–Crippen LogP) is 2.48. The molecule has 4 rings (SSSR count). The quantitative estimate of drug-likeness (QED) is 0.315. The van der Waals surface area contributed by atoms with E-state index in [9.17, 15) is 9.59 Å². The number of esters is 1. The number of hydrogen-bond donors (Lipinski definition) is 1. The van der Waals surface area contributed by atoms with Crippen LogP contribution in [0.25, 0.3) is 17.2 Å². The maximum Gasteiger partial charge on any atom is 0.311 e. The van der Waals surface area contributed by atoms with Crippen molar-refractivity contribution in [2.45, 2.75) is 18.4 Å². The van der Waals surface area contributed by atoms with Crippen LogP contribution in [0.15, 0.2) is 46.9 Å². The summed E-state index contributed by atoms with van der Waals surface area (Å²) in [4.78, 5) is 32.3. The van der Waals surface area contributed by atoms with E-state index < -0.39 is 0 Å². The van der Waals surface area contributed by atoms with E-state index in [1.54, 1.807) is 35.1 Å². The Labute approximate surface area is 185 Å². The highest BCUT2D eigenvalue weighted by molar-refractivity contribution is 7.99. The number of anilines is 1. The van der Waals surface area contributed by atoms with E-state index >= 15 is 0 Å². The van der Waals surface area contributed by atoms with E-state index in [4.69, 9.17) is 4.74 Å². The average Bonchev–Trinajstić information content (AvgIpc) is 3.39. The normalized spacial score (nSPS) is 10.9. The number of pyridine rings is 1. The smallest absolute Gasteiger partial charge is 0.311 e. The Hall–Kier alpha value is -3.38. The van der Waals surface area contributed by atoms with Crippen molar-refractivity contribution in [3.8, 4) is 11.5 Å².